The van der Waals surface area contributed by atoms with Gasteiger partial charge in [0.05, 0.1) is 6.10 Å². The molecule has 1 fully saturated rings. The number of carbonyl (C=O) groups excluding carboxylic acids is 1. The van der Waals surface area contributed by atoms with Crippen LogP contribution in [0.5, 0.6) is 0 Å². The molecule has 1 unspecified atom stereocenters. The quantitative estimate of drug-likeness (QED) is 0.667. The van der Waals surface area contributed by atoms with Gasteiger partial charge in [-0.2, -0.15) is 0 Å². The topological polar surface area (TPSA) is 49.8 Å². The van der Waals surface area contributed by atoms with Gasteiger partial charge in [-0.05, 0) is 32.6 Å². The average molecular weight is 229 g/mol. The molecule has 1 rings (SSSR count). The number of nitrogens with zero attached hydrogens (tertiary/aromatic N) is 1. The number of hydrogen-bond acceptors (Lipinski definition) is 3. The lowest BCUT2D eigenvalue weighted by Crippen LogP contribution is -2.37. The summed E-state index contributed by atoms with van der Waals surface area (Å²) in [5.41, 5.74) is 0. The Hall–Kier alpha value is -0.610. The first-order valence-corrected chi connectivity index (χ1v) is 6.28. The van der Waals surface area contributed by atoms with Crippen molar-refractivity contribution < 1.29 is 14.6 Å². The molecule has 0 saturated carbocycles. The van der Waals surface area contributed by atoms with Crippen molar-refractivity contribution in [2.24, 2.45) is 0 Å². The number of likely N-dealkylation sites (N-methyl/N-ethyl adjacent to an activating group) is 1. The average Bonchev–Trinajstić information content (AvgIpc) is 2.78. The molecular formula is C12H23NO3. The summed E-state index contributed by atoms with van der Waals surface area (Å²) >= 11 is 0. The molecule has 0 radical (unpaired) electrons. The highest BCUT2D eigenvalue weighted by atomic mass is 16.5. The van der Waals surface area contributed by atoms with E-state index in [-0.39, 0.29) is 18.6 Å². The summed E-state index contributed by atoms with van der Waals surface area (Å²) in [7, 11) is 0. The van der Waals surface area contributed by atoms with Crippen molar-refractivity contribution in [2.45, 2.75) is 45.1 Å². The van der Waals surface area contributed by atoms with E-state index in [0.717, 1.165) is 39.0 Å². The molecule has 4 nitrogen and oxygen atoms in total. The molecular weight excluding hydrogens is 206 g/mol. The zero-order valence-corrected chi connectivity index (χ0v) is 10.2. The molecule has 1 saturated heterocycles. The van der Waals surface area contributed by atoms with Gasteiger partial charge in [-0.25, -0.2) is 0 Å². The fourth-order valence-electron chi connectivity index (χ4n) is 1.99. The predicted molar refractivity (Wildman–Crippen MR) is 62.2 cm³/mol. The van der Waals surface area contributed by atoms with Crippen molar-refractivity contribution in [2.75, 3.05) is 26.3 Å². The van der Waals surface area contributed by atoms with Crippen molar-refractivity contribution in [1.82, 2.24) is 4.90 Å². The second-order valence-electron chi connectivity index (χ2n) is 4.25. The molecule has 0 aliphatic carbocycles. The third-order valence-corrected chi connectivity index (χ3v) is 2.98. The maximum atomic E-state index is 11.8. The first kappa shape index (κ1) is 13.5. The third-order valence-electron chi connectivity index (χ3n) is 2.98. The van der Waals surface area contributed by atoms with E-state index in [9.17, 15) is 4.79 Å². The Morgan fingerprint density at radius 1 is 1.50 bits per heavy atom. The number of aliphatic hydroxyl groups is 1. The number of aliphatic hydroxyl groups excluding tert-OH is 1. The second-order valence-corrected chi connectivity index (χ2v) is 4.25. The van der Waals surface area contributed by atoms with Crippen molar-refractivity contribution in [3.05, 3.63) is 0 Å². The number of hydrogen-bond donors (Lipinski definition) is 1. The van der Waals surface area contributed by atoms with Crippen LogP contribution in [0.15, 0.2) is 0 Å². The summed E-state index contributed by atoms with van der Waals surface area (Å²) in [5, 5.41) is 8.66. The van der Waals surface area contributed by atoms with Crippen LogP contribution in [0.1, 0.15) is 39.0 Å². The first-order chi connectivity index (χ1) is 7.77. The van der Waals surface area contributed by atoms with Gasteiger partial charge in [0.2, 0.25) is 5.91 Å². The van der Waals surface area contributed by atoms with Gasteiger partial charge < -0.3 is 14.7 Å². The zero-order valence-electron chi connectivity index (χ0n) is 10.2. The fourth-order valence-corrected chi connectivity index (χ4v) is 1.99. The van der Waals surface area contributed by atoms with Gasteiger partial charge in [-0.3, -0.25) is 4.79 Å². The molecule has 1 N–H and O–H groups in total. The maximum Gasteiger partial charge on any atom is 0.222 e. The molecule has 0 spiro atoms. The Morgan fingerprint density at radius 3 is 2.88 bits per heavy atom. The normalized spacial score (nSPS) is 20.0. The molecule has 1 aliphatic rings. The standard InChI is InChI=1S/C12H23NO3/c1-2-13(10-11-6-5-9-16-11)12(15)7-3-4-8-14/h11,14H,2-10H2,1H3. The number of carbonyl (C=O) groups is 1. The van der Waals surface area contributed by atoms with Crippen molar-refractivity contribution in [1.29, 1.82) is 0 Å². The minimum absolute atomic E-state index is 0.172. The zero-order chi connectivity index (χ0) is 11.8. The highest BCUT2D eigenvalue weighted by Crippen LogP contribution is 2.14. The van der Waals surface area contributed by atoms with E-state index in [1.165, 1.54) is 0 Å². The molecule has 4 heteroatoms. The van der Waals surface area contributed by atoms with E-state index >= 15 is 0 Å². The first-order valence-electron chi connectivity index (χ1n) is 6.28. The minimum atomic E-state index is 0.172. The summed E-state index contributed by atoms with van der Waals surface area (Å²) in [5.74, 6) is 0.187. The Kier molecular flexibility index (Phi) is 6.42. The largest absolute Gasteiger partial charge is 0.396 e. The van der Waals surface area contributed by atoms with Gasteiger partial charge in [0.25, 0.3) is 0 Å². The van der Waals surface area contributed by atoms with Crippen LogP contribution in [0.2, 0.25) is 0 Å². The van der Waals surface area contributed by atoms with E-state index in [4.69, 9.17) is 9.84 Å². The van der Waals surface area contributed by atoms with Gasteiger partial charge >= 0.3 is 0 Å². The van der Waals surface area contributed by atoms with Crippen LogP contribution in [0.3, 0.4) is 0 Å². The number of amides is 1. The summed E-state index contributed by atoms with van der Waals surface area (Å²) in [6.45, 7) is 4.48. The van der Waals surface area contributed by atoms with Gasteiger partial charge in [-0.15, -0.1) is 0 Å². The molecule has 0 bridgehead atoms. The van der Waals surface area contributed by atoms with Crippen LogP contribution in [0.25, 0.3) is 0 Å². The molecule has 1 aliphatic heterocycles. The van der Waals surface area contributed by atoms with E-state index < -0.39 is 0 Å². The summed E-state index contributed by atoms with van der Waals surface area (Å²) < 4.78 is 5.53. The van der Waals surface area contributed by atoms with Crippen LogP contribution in [0.4, 0.5) is 0 Å². The van der Waals surface area contributed by atoms with Gasteiger partial charge in [-0.1, -0.05) is 0 Å². The van der Waals surface area contributed by atoms with Crippen molar-refractivity contribution in [3.63, 3.8) is 0 Å². The molecule has 0 aromatic heterocycles. The van der Waals surface area contributed by atoms with Crippen LogP contribution in [-0.2, 0) is 9.53 Å². The minimum Gasteiger partial charge on any atom is -0.396 e. The number of rotatable bonds is 7. The van der Waals surface area contributed by atoms with Gasteiger partial charge in [0.1, 0.15) is 0 Å². The molecule has 1 atom stereocenters. The lowest BCUT2D eigenvalue weighted by atomic mass is 10.2. The Morgan fingerprint density at radius 2 is 2.31 bits per heavy atom. The van der Waals surface area contributed by atoms with Crippen molar-refractivity contribution in [3.8, 4) is 0 Å². The predicted octanol–water partition coefficient (Wildman–Crippen LogP) is 1.18. The molecule has 0 aromatic carbocycles. The Balaban J connectivity index is 2.25. The molecule has 94 valence electrons. The second kappa shape index (κ2) is 7.63. The van der Waals surface area contributed by atoms with Gasteiger partial charge in [0, 0.05) is 32.7 Å². The number of unbranched alkanes of at least 4 members (excludes halogenated alkanes) is 1. The lowest BCUT2D eigenvalue weighted by Gasteiger charge is -2.24. The Bertz CT molecular complexity index is 202. The van der Waals surface area contributed by atoms with Crippen LogP contribution in [0, 0.1) is 0 Å². The molecule has 1 heterocycles. The van der Waals surface area contributed by atoms with E-state index in [1.54, 1.807) is 0 Å². The van der Waals surface area contributed by atoms with E-state index in [2.05, 4.69) is 0 Å². The molecule has 16 heavy (non-hydrogen) atoms. The monoisotopic (exact) mass is 229 g/mol. The van der Waals surface area contributed by atoms with Crippen LogP contribution in [-0.4, -0.2) is 48.3 Å². The summed E-state index contributed by atoms with van der Waals surface area (Å²) in [6.07, 6.45) is 4.45. The Labute approximate surface area is 97.6 Å². The van der Waals surface area contributed by atoms with Crippen LogP contribution >= 0.6 is 0 Å². The van der Waals surface area contributed by atoms with E-state index in [0.29, 0.717) is 12.8 Å². The molecule has 1 amide bonds. The van der Waals surface area contributed by atoms with Crippen molar-refractivity contribution >= 4 is 5.91 Å². The lowest BCUT2D eigenvalue weighted by molar-refractivity contribution is -0.132. The fraction of sp³-hybridized carbons (Fsp3) is 0.917. The summed E-state index contributed by atoms with van der Waals surface area (Å²) in [6, 6.07) is 0. The highest BCUT2D eigenvalue weighted by molar-refractivity contribution is 5.76. The number of ether oxygens (including phenoxy) is 1. The smallest absolute Gasteiger partial charge is 0.222 e. The summed E-state index contributed by atoms with van der Waals surface area (Å²) in [4.78, 5) is 13.7. The third kappa shape index (κ3) is 4.49. The van der Waals surface area contributed by atoms with Gasteiger partial charge in [0.15, 0.2) is 0 Å². The maximum absolute atomic E-state index is 11.8. The molecule has 0 aromatic rings. The van der Waals surface area contributed by atoms with E-state index in [1.807, 2.05) is 11.8 Å². The SMILES string of the molecule is CCN(CC1CCCO1)C(=O)CCCCO. The highest BCUT2D eigenvalue weighted by Gasteiger charge is 2.20. The van der Waals surface area contributed by atoms with Crippen LogP contribution < -0.4 is 0 Å².